The molecule has 0 radical (unpaired) electrons. The Morgan fingerprint density at radius 1 is 0.859 bits per heavy atom. The van der Waals surface area contributed by atoms with Gasteiger partial charge in [-0.1, -0.05) is 12.2 Å². The molecule has 338 valence electrons. The lowest BCUT2D eigenvalue weighted by Crippen LogP contribution is -2.29. The van der Waals surface area contributed by atoms with Crippen LogP contribution in [0.15, 0.2) is 48.6 Å². The number of aromatic nitrogens is 8. The van der Waals surface area contributed by atoms with E-state index < -0.39 is 24.2 Å². The third-order valence-electron chi connectivity index (χ3n) is 11.3. The first kappa shape index (κ1) is 43.8. The fourth-order valence-corrected chi connectivity index (χ4v) is 8.26. The number of nitrogens with zero attached hydrogens (tertiary/aromatic N) is 9. The van der Waals surface area contributed by atoms with Crippen LogP contribution in [-0.4, -0.2) is 112 Å². The van der Waals surface area contributed by atoms with Gasteiger partial charge in [-0.3, -0.25) is 29.1 Å². The molecule has 0 saturated carbocycles. The number of aliphatic hydroxyl groups excluding tert-OH is 1. The van der Waals surface area contributed by atoms with Gasteiger partial charge in [-0.05, 0) is 83.5 Å². The Morgan fingerprint density at radius 3 is 2.14 bits per heavy atom. The molecule has 20 heteroatoms. The monoisotopic (exact) mass is 879 g/mol. The molecule has 19 nitrogen and oxygen atoms in total. The summed E-state index contributed by atoms with van der Waals surface area (Å²) in [5, 5.41) is 29.6. The fraction of sp³-hybridized carbons (Fsp3) is 0.432. The highest BCUT2D eigenvalue weighted by molar-refractivity contribution is 6.04. The minimum absolute atomic E-state index is 0.154. The Kier molecular flexibility index (Phi) is 12.9. The Labute approximate surface area is 368 Å². The zero-order valence-corrected chi connectivity index (χ0v) is 36.4. The van der Waals surface area contributed by atoms with Gasteiger partial charge in [0, 0.05) is 63.4 Å². The van der Waals surface area contributed by atoms with Crippen molar-refractivity contribution in [3.05, 3.63) is 82.5 Å². The molecule has 1 fully saturated rings. The summed E-state index contributed by atoms with van der Waals surface area (Å²) in [7, 11) is 0. The maximum atomic E-state index is 13.7. The average Bonchev–Trinajstić information content (AvgIpc) is 4.10. The largest absolute Gasteiger partial charge is 0.491 e. The zero-order chi connectivity index (χ0) is 45.1. The van der Waals surface area contributed by atoms with Gasteiger partial charge in [0.05, 0.1) is 41.3 Å². The fourth-order valence-electron chi connectivity index (χ4n) is 8.26. The number of carbonyl (C=O) groups excluding carboxylic acids is 3. The van der Waals surface area contributed by atoms with E-state index in [0.717, 1.165) is 5.69 Å². The number of hydrogen-bond donors (Lipinski definition) is 5. The maximum Gasteiger partial charge on any atom is 0.276 e. The number of aryl methyl sites for hydroxylation is 4. The highest BCUT2D eigenvalue weighted by Gasteiger charge is 2.25. The number of allylic oxidation sites excluding steroid dienone is 2. The predicted molar refractivity (Wildman–Crippen MR) is 237 cm³/mol. The van der Waals surface area contributed by atoms with E-state index in [1.165, 1.54) is 0 Å². The Hall–Kier alpha value is -6.80. The van der Waals surface area contributed by atoms with E-state index in [1.54, 1.807) is 50.3 Å². The van der Waals surface area contributed by atoms with Gasteiger partial charge in [-0.2, -0.15) is 10.2 Å². The average molecular weight is 880 g/mol. The van der Waals surface area contributed by atoms with E-state index in [-0.39, 0.29) is 43.7 Å². The molecule has 0 aliphatic carbocycles. The number of benzene rings is 2. The van der Waals surface area contributed by atoms with Gasteiger partial charge in [0.2, 0.25) is 17.8 Å². The van der Waals surface area contributed by atoms with E-state index in [2.05, 4.69) is 31.0 Å². The Morgan fingerprint density at radius 2 is 1.48 bits per heavy atom. The summed E-state index contributed by atoms with van der Waals surface area (Å²) in [6.45, 7) is 11.5. The lowest BCUT2D eigenvalue weighted by atomic mass is 10.1. The number of anilines is 2. The molecule has 6 aromatic rings. The van der Waals surface area contributed by atoms with Crippen LogP contribution in [0.25, 0.3) is 22.1 Å². The second kappa shape index (κ2) is 18.9. The molecule has 3 amide bonds. The summed E-state index contributed by atoms with van der Waals surface area (Å²) >= 11 is 0. The van der Waals surface area contributed by atoms with Crippen LogP contribution in [0.5, 0.6) is 11.5 Å². The molecule has 8 rings (SSSR count). The van der Waals surface area contributed by atoms with Gasteiger partial charge >= 0.3 is 0 Å². The van der Waals surface area contributed by atoms with Crippen molar-refractivity contribution in [1.29, 1.82) is 0 Å². The number of amides is 3. The first-order chi connectivity index (χ1) is 30.9. The van der Waals surface area contributed by atoms with Crippen LogP contribution in [0.3, 0.4) is 0 Å². The first-order valence-electron chi connectivity index (χ1n) is 21.7. The maximum absolute atomic E-state index is 13.7. The van der Waals surface area contributed by atoms with E-state index in [0.29, 0.717) is 121 Å². The number of primary amides is 1. The summed E-state index contributed by atoms with van der Waals surface area (Å²) in [6, 6.07) is 10.0. The van der Waals surface area contributed by atoms with Crippen molar-refractivity contribution in [1.82, 2.24) is 48.9 Å². The lowest BCUT2D eigenvalue weighted by Gasteiger charge is -2.17. The minimum Gasteiger partial charge on any atom is -0.491 e. The number of hydrogen-bond acceptors (Lipinski definition) is 12. The van der Waals surface area contributed by atoms with Crippen molar-refractivity contribution in [2.45, 2.75) is 85.5 Å². The molecule has 1 saturated heterocycles. The van der Waals surface area contributed by atoms with Gasteiger partial charge in [0.25, 0.3) is 11.8 Å². The number of halogens is 1. The Bertz CT molecular complexity index is 2730. The topological polar surface area (TPSA) is 227 Å². The van der Waals surface area contributed by atoms with Crippen LogP contribution in [0.2, 0.25) is 0 Å². The van der Waals surface area contributed by atoms with E-state index in [1.807, 2.05) is 44.4 Å². The molecule has 64 heavy (non-hydrogen) atoms. The molecule has 2 aliphatic rings. The van der Waals surface area contributed by atoms with Crippen molar-refractivity contribution in [3.8, 4) is 11.5 Å². The van der Waals surface area contributed by atoms with Gasteiger partial charge in [-0.25, -0.2) is 14.4 Å². The van der Waals surface area contributed by atoms with E-state index >= 15 is 0 Å². The van der Waals surface area contributed by atoms with Crippen molar-refractivity contribution < 1.29 is 33.4 Å². The molecule has 2 atom stereocenters. The number of ether oxygens (including phenoxy) is 2. The number of nitrogens with one attached hydrogen (secondary N) is 3. The lowest BCUT2D eigenvalue weighted by molar-refractivity contribution is 0.0949. The van der Waals surface area contributed by atoms with Crippen LogP contribution in [0.4, 0.5) is 16.3 Å². The molecule has 2 aliphatic heterocycles. The first-order valence-corrected chi connectivity index (χ1v) is 21.7. The minimum atomic E-state index is -1.19. The number of alkyl halides is 1. The smallest absolute Gasteiger partial charge is 0.276 e. The number of nitrogens with two attached hydrogens (primary N) is 1. The molecular formula is C44H54FN13O6. The van der Waals surface area contributed by atoms with Gasteiger partial charge in [0.15, 0.2) is 6.23 Å². The quantitative estimate of drug-likeness (QED) is 0.0616. The number of aliphatic hydroxyl groups is 1. The summed E-state index contributed by atoms with van der Waals surface area (Å²) in [5.41, 5.74) is 10.6. The van der Waals surface area contributed by atoms with Gasteiger partial charge in [-0.15, -0.1) is 0 Å². The SMILES string of the molecule is CCn1nc(C)cc1C(=O)Nc1nc2cc(C(N)=O)cc3c2n1C/C=C/Cn1c(NC(O)c2cc(C)nn2CC)nc2cc(C(=O)NCCCN4CCC(F)C4)cc(c21)OCCCO3. The van der Waals surface area contributed by atoms with Gasteiger partial charge in [0.1, 0.15) is 34.4 Å². The molecule has 2 aromatic carbocycles. The summed E-state index contributed by atoms with van der Waals surface area (Å²) in [6.07, 6.45) is 3.37. The van der Waals surface area contributed by atoms with E-state index in [9.17, 15) is 23.9 Å². The van der Waals surface area contributed by atoms with Crippen LogP contribution < -0.4 is 31.2 Å². The molecule has 0 spiro atoms. The number of rotatable bonds is 13. The standard InChI is InChI=1S/C44H54FN13O6/c1-5-57-33(19-26(3)52-57)41(61)50-43-48-31-21-28(39(46)59)23-35-37(31)55(43)14-7-8-15-56-38-32(49-44(56)51-42(62)34-20-27(4)53-58(34)6-2)22-29(24-36(38)64-18-10-17-63-35)40(60)47-12-9-13-54-16-11-30(45)25-54/h7-8,19-24,30,42,62H,5-6,9-18,25H2,1-4H3,(H2,46,59)(H,47,60)(H,49,51)(H,48,50,61)/b8-7+. The van der Waals surface area contributed by atoms with Crippen molar-refractivity contribution in [3.63, 3.8) is 0 Å². The van der Waals surface area contributed by atoms with Crippen LogP contribution in [0, 0.1) is 13.8 Å². The van der Waals surface area contributed by atoms with Crippen molar-refractivity contribution in [2.75, 3.05) is 50.0 Å². The van der Waals surface area contributed by atoms with Crippen LogP contribution >= 0.6 is 0 Å². The molecule has 6 heterocycles. The molecular weight excluding hydrogens is 826 g/mol. The third kappa shape index (κ3) is 9.28. The van der Waals surface area contributed by atoms with Crippen LogP contribution in [0.1, 0.15) is 87.6 Å². The van der Waals surface area contributed by atoms with Crippen LogP contribution in [-0.2, 0) is 26.2 Å². The van der Waals surface area contributed by atoms with Crippen molar-refractivity contribution in [2.24, 2.45) is 5.73 Å². The zero-order valence-electron chi connectivity index (χ0n) is 36.4. The number of likely N-dealkylation sites (tertiary alicyclic amines) is 1. The molecule has 4 aromatic heterocycles. The second-order valence-corrected chi connectivity index (χ2v) is 16.0. The third-order valence-corrected chi connectivity index (χ3v) is 11.3. The summed E-state index contributed by atoms with van der Waals surface area (Å²) < 4.78 is 33.5. The number of carbonyl (C=O) groups is 3. The van der Waals surface area contributed by atoms with Crippen molar-refractivity contribution >= 4 is 51.7 Å². The summed E-state index contributed by atoms with van der Waals surface area (Å²) in [5.74, 6) is -0.150. The molecule has 6 N–H and O–H groups in total. The highest BCUT2D eigenvalue weighted by atomic mass is 19.1. The highest BCUT2D eigenvalue weighted by Crippen LogP contribution is 2.34. The Balaban J connectivity index is 1.15. The van der Waals surface area contributed by atoms with Gasteiger partial charge < -0.3 is 45.0 Å². The van der Waals surface area contributed by atoms with E-state index in [4.69, 9.17) is 25.2 Å². The predicted octanol–water partition coefficient (Wildman–Crippen LogP) is 4.47. The molecule has 0 bridgehead atoms. The normalized spacial score (nSPS) is 16.8. The number of imidazole rings is 2. The molecule has 2 unspecified atom stereocenters. The second-order valence-electron chi connectivity index (χ2n) is 16.0. The summed E-state index contributed by atoms with van der Waals surface area (Å²) in [4.78, 5) is 51.6.